The second-order valence-corrected chi connectivity index (χ2v) is 26.4. The van der Waals surface area contributed by atoms with Crippen molar-refractivity contribution in [1.29, 1.82) is 0 Å². The van der Waals surface area contributed by atoms with Crippen molar-refractivity contribution in [2.75, 3.05) is 52.9 Å². The van der Waals surface area contributed by atoms with E-state index in [1.165, 1.54) is 0 Å². The van der Waals surface area contributed by atoms with Gasteiger partial charge in [-0.3, -0.25) is 0 Å². The normalized spacial score (nSPS) is 14.1. The Balaban J connectivity index is -0.0000000996. The fourth-order valence-electron chi connectivity index (χ4n) is 3.46. The maximum Gasteiger partial charge on any atom is 0.108 e. The van der Waals surface area contributed by atoms with E-state index in [-0.39, 0.29) is 88.9 Å². The lowest BCUT2D eigenvalue weighted by atomic mass is 10.2. The number of rotatable bonds is 21. The molecule has 0 aromatic heterocycles. The Morgan fingerprint density at radius 1 is 0.282 bits per heavy atom. The van der Waals surface area contributed by atoms with Gasteiger partial charge in [0, 0.05) is 6.42 Å². The molecule has 0 aliphatic carbocycles. The predicted molar refractivity (Wildman–Crippen MR) is 332 cm³/mol. The maximum atomic E-state index is 9.10. The van der Waals surface area contributed by atoms with Gasteiger partial charge in [0.1, 0.15) is 6.61 Å². The molecule has 0 aromatic rings. The largest absolute Gasteiger partial charge is 0.391 e. The van der Waals surface area contributed by atoms with Gasteiger partial charge in [0.05, 0.1) is 128 Å². The summed E-state index contributed by atoms with van der Waals surface area (Å²) in [5.74, 6) is 4.92. The zero-order chi connectivity index (χ0) is 63.1. The summed E-state index contributed by atoms with van der Waals surface area (Å²) in [7, 11) is 0. The molecule has 0 spiro atoms. The fourth-order valence-corrected chi connectivity index (χ4v) is 3.46. The van der Waals surface area contributed by atoms with Gasteiger partial charge in [-0.15, -0.1) is 18.8 Å². The minimum absolute atomic E-state index is 0. The van der Waals surface area contributed by atoms with E-state index >= 15 is 0 Å². The van der Waals surface area contributed by atoms with Crippen LogP contribution in [0.15, 0.2) is 0 Å². The van der Waals surface area contributed by atoms with E-state index in [1.54, 1.807) is 0 Å². The van der Waals surface area contributed by atoms with Crippen LogP contribution in [-0.2, 0) is 37.9 Å². The molecule has 0 bridgehead atoms. The topological polar surface area (TPSA) is 195 Å². The molecular weight excluding hydrogens is 993 g/mol. The van der Waals surface area contributed by atoms with Gasteiger partial charge in [0.15, 0.2) is 0 Å². The van der Waals surface area contributed by atoms with Crippen molar-refractivity contribution < 1.29 is 68.5 Å². The maximum absolute atomic E-state index is 9.10. The first-order valence-electron chi connectivity index (χ1n) is 28.4. The van der Waals surface area contributed by atoms with Crippen LogP contribution in [0, 0.1) is 24.7 Å². The first kappa shape index (κ1) is 95.8. The lowest BCUT2D eigenvalue weighted by molar-refractivity contribution is -0.0493. The highest BCUT2D eigenvalue weighted by Crippen LogP contribution is 2.12. The number of hydrogen-bond acceptors (Lipinski definition) is 14. The summed E-state index contributed by atoms with van der Waals surface area (Å²) in [6.45, 7) is 63.0. The van der Waals surface area contributed by atoms with Crippen molar-refractivity contribution in [3.63, 3.8) is 0 Å². The Kier molecular flexibility index (Phi) is 64.3. The van der Waals surface area contributed by atoms with E-state index in [0.29, 0.717) is 59.3 Å². The molecule has 0 heterocycles. The van der Waals surface area contributed by atoms with Gasteiger partial charge in [0.2, 0.25) is 0 Å². The molecule has 2 unspecified atom stereocenters. The second-order valence-electron chi connectivity index (χ2n) is 26.4. The summed E-state index contributed by atoms with van der Waals surface area (Å²) >= 11 is 0. The van der Waals surface area contributed by atoms with Crippen LogP contribution in [0.5, 0.6) is 0 Å². The lowest BCUT2D eigenvalue weighted by Crippen LogP contribution is -2.25. The monoisotopic (exact) mass is 1130 g/mol. The van der Waals surface area contributed by atoms with Gasteiger partial charge >= 0.3 is 0 Å². The smallest absolute Gasteiger partial charge is 0.108 e. The molecule has 0 saturated heterocycles. The minimum atomic E-state index is -0.306. The molecule has 0 radical (unpaired) electrons. The second kappa shape index (κ2) is 52.4. The zero-order valence-corrected chi connectivity index (χ0v) is 56.2. The van der Waals surface area contributed by atoms with Crippen molar-refractivity contribution in [1.82, 2.24) is 0 Å². The van der Waals surface area contributed by atoms with Crippen LogP contribution < -0.4 is 0 Å². The predicted octanol–water partition coefficient (Wildman–Crippen LogP) is 13.3. The highest BCUT2D eigenvalue weighted by Gasteiger charge is 2.16. The molecule has 0 fully saturated rings. The Bertz CT molecular complexity index is 1120. The molecular formula is C64H138O14. The van der Waals surface area contributed by atoms with Gasteiger partial charge in [0.25, 0.3) is 0 Å². The molecule has 14 nitrogen and oxygen atoms in total. The standard InChI is InChI=1S/6C8H18O2.C8H14O.C7H12O.CH4/c6*1-5-7(9)6-10-8(2,3)4;1-5-6-7-9-8(2,3)4;1-5-6-8-7(2,3)4;/h6*7,9H,5-6H2,1-4H3;1H,6-7H2,2-4H3;1H,6H2,2-4H3;1H4/t4*7-;;;;;/m1100...../s1. The Morgan fingerprint density at radius 2 is 0.436 bits per heavy atom. The molecule has 0 aliphatic rings. The van der Waals surface area contributed by atoms with Crippen LogP contribution in [0.3, 0.4) is 0 Å². The van der Waals surface area contributed by atoms with E-state index in [4.69, 9.17) is 81.4 Å². The molecule has 478 valence electrons. The van der Waals surface area contributed by atoms with E-state index in [0.717, 1.165) is 38.5 Å². The summed E-state index contributed by atoms with van der Waals surface area (Å²) in [5, 5.41) is 54.6. The average Bonchev–Trinajstić information content (AvgIpc) is 3.28. The third kappa shape index (κ3) is 122. The lowest BCUT2D eigenvalue weighted by Gasteiger charge is -2.21. The van der Waals surface area contributed by atoms with Crippen LogP contribution in [-0.4, -0.2) is 165 Å². The number of aliphatic hydroxyl groups excluding tert-OH is 6. The first-order valence-corrected chi connectivity index (χ1v) is 28.4. The molecule has 0 amide bonds. The van der Waals surface area contributed by atoms with Crippen molar-refractivity contribution in [2.45, 2.75) is 342 Å². The van der Waals surface area contributed by atoms with Crippen LogP contribution >= 0.6 is 0 Å². The van der Waals surface area contributed by atoms with Crippen molar-refractivity contribution in [3.05, 3.63) is 0 Å². The van der Waals surface area contributed by atoms with E-state index in [9.17, 15) is 0 Å². The van der Waals surface area contributed by atoms with Crippen LogP contribution in [0.2, 0.25) is 0 Å². The number of aliphatic hydroxyl groups is 6. The summed E-state index contributed by atoms with van der Waals surface area (Å²) in [6.07, 6.45) is 13.4. The van der Waals surface area contributed by atoms with Crippen LogP contribution in [0.25, 0.3) is 0 Å². The van der Waals surface area contributed by atoms with Gasteiger partial charge in [-0.1, -0.05) is 54.9 Å². The molecule has 0 aromatic carbocycles. The number of terminal acetylenes is 2. The van der Waals surface area contributed by atoms with Crippen molar-refractivity contribution in [2.24, 2.45) is 0 Å². The third-order valence-electron chi connectivity index (χ3n) is 8.45. The van der Waals surface area contributed by atoms with Gasteiger partial charge in [-0.2, -0.15) is 0 Å². The summed E-state index contributed by atoms with van der Waals surface area (Å²) < 4.78 is 42.5. The molecule has 0 saturated carbocycles. The van der Waals surface area contributed by atoms with E-state index in [2.05, 4.69) is 11.8 Å². The Morgan fingerprint density at radius 3 is 0.526 bits per heavy atom. The third-order valence-corrected chi connectivity index (χ3v) is 8.45. The van der Waals surface area contributed by atoms with E-state index < -0.39 is 0 Å². The summed E-state index contributed by atoms with van der Waals surface area (Å²) in [4.78, 5) is 0. The Hall–Kier alpha value is -1.44. The number of hydrogen-bond donors (Lipinski definition) is 6. The minimum Gasteiger partial charge on any atom is -0.391 e. The molecule has 6 N–H and O–H groups in total. The van der Waals surface area contributed by atoms with Crippen LogP contribution in [0.1, 0.15) is 260 Å². The highest BCUT2D eigenvalue weighted by molar-refractivity contribution is 4.84. The number of ether oxygens (including phenoxy) is 8. The quantitative estimate of drug-likeness (QED) is 0.0469. The van der Waals surface area contributed by atoms with Crippen molar-refractivity contribution >= 4 is 0 Å². The Labute approximate surface area is 485 Å². The summed E-state index contributed by atoms with van der Waals surface area (Å²) in [5.41, 5.74) is -0.909. The van der Waals surface area contributed by atoms with Crippen LogP contribution in [0.4, 0.5) is 0 Å². The first-order chi connectivity index (χ1) is 34.3. The van der Waals surface area contributed by atoms with Gasteiger partial charge in [-0.25, -0.2) is 0 Å². The SMILES string of the molecule is C.C#CCCOC(C)(C)C.C#CCOC(C)(C)C.CCC(O)COC(C)(C)C.CCC(O)COC(C)(C)C.CC[C@@H](O)COC(C)(C)C.CC[C@@H](O)COC(C)(C)C.CC[C@H](O)COC(C)(C)C.CC[C@H](O)COC(C)(C)C. The molecule has 6 atom stereocenters. The average molecular weight is 1130 g/mol. The molecule has 78 heavy (non-hydrogen) atoms. The highest BCUT2D eigenvalue weighted by atomic mass is 16.5. The van der Waals surface area contributed by atoms with Gasteiger partial charge in [-0.05, 0) is 205 Å². The zero-order valence-electron chi connectivity index (χ0n) is 56.2. The fraction of sp³-hybridized carbons (Fsp3) is 0.938. The van der Waals surface area contributed by atoms with Gasteiger partial charge < -0.3 is 68.5 Å². The summed E-state index contributed by atoms with van der Waals surface area (Å²) in [6, 6.07) is 0. The van der Waals surface area contributed by atoms with Crippen molar-refractivity contribution in [3.8, 4) is 24.7 Å². The molecule has 14 heteroatoms. The molecule has 0 aliphatic heterocycles. The molecule has 0 rings (SSSR count). The van der Waals surface area contributed by atoms with E-state index in [1.807, 2.05) is 208 Å².